The molecule has 1 N–H and O–H groups in total. The molecule has 0 fully saturated rings. The molecule has 3 rings (SSSR count). The van der Waals surface area contributed by atoms with E-state index in [0.717, 1.165) is 10.7 Å². The van der Waals surface area contributed by atoms with Crippen LogP contribution in [-0.2, 0) is 6.61 Å². The van der Waals surface area contributed by atoms with Gasteiger partial charge in [-0.05, 0) is 49.4 Å². The quantitative estimate of drug-likeness (QED) is 0.649. The van der Waals surface area contributed by atoms with E-state index in [0.29, 0.717) is 34.4 Å². The minimum Gasteiger partial charge on any atom is -0.495 e. The van der Waals surface area contributed by atoms with Crippen molar-refractivity contribution < 1.29 is 14.3 Å². The van der Waals surface area contributed by atoms with Crippen LogP contribution in [0.15, 0.2) is 47.8 Å². The van der Waals surface area contributed by atoms with Gasteiger partial charge in [0.1, 0.15) is 23.1 Å². The number of thiazole rings is 1. The average molecular weight is 389 g/mol. The van der Waals surface area contributed by atoms with Gasteiger partial charge in [0.25, 0.3) is 5.91 Å². The third-order valence-electron chi connectivity index (χ3n) is 3.56. The van der Waals surface area contributed by atoms with Gasteiger partial charge in [0.2, 0.25) is 0 Å². The Morgan fingerprint density at radius 1 is 1.23 bits per heavy atom. The molecule has 5 nitrogen and oxygen atoms in total. The van der Waals surface area contributed by atoms with Crippen LogP contribution in [0.1, 0.15) is 21.1 Å². The number of methoxy groups -OCH3 is 1. The van der Waals surface area contributed by atoms with Crippen LogP contribution < -0.4 is 14.8 Å². The lowest BCUT2D eigenvalue weighted by atomic mass is 10.2. The second-order valence-electron chi connectivity index (χ2n) is 5.50. The first-order valence-corrected chi connectivity index (χ1v) is 9.09. The van der Waals surface area contributed by atoms with Gasteiger partial charge in [0, 0.05) is 22.3 Å². The Kier molecular flexibility index (Phi) is 5.75. The van der Waals surface area contributed by atoms with Crippen LogP contribution in [0.5, 0.6) is 11.5 Å². The van der Waals surface area contributed by atoms with Crippen molar-refractivity contribution in [3.8, 4) is 11.5 Å². The topological polar surface area (TPSA) is 60.5 Å². The molecule has 0 spiro atoms. The highest BCUT2D eigenvalue weighted by atomic mass is 35.5. The van der Waals surface area contributed by atoms with Crippen LogP contribution >= 0.6 is 22.9 Å². The number of carbonyl (C=O) groups is 1. The number of benzene rings is 2. The van der Waals surface area contributed by atoms with Crippen molar-refractivity contribution in [1.82, 2.24) is 4.98 Å². The van der Waals surface area contributed by atoms with Crippen LogP contribution in [-0.4, -0.2) is 18.0 Å². The molecule has 3 aromatic rings. The number of carbonyl (C=O) groups excluding carboxylic acids is 1. The molecule has 2 aromatic carbocycles. The molecule has 0 unspecified atom stereocenters. The van der Waals surface area contributed by atoms with E-state index < -0.39 is 0 Å². The summed E-state index contributed by atoms with van der Waals surface area (Å²) >= 11 is 7.63. The molecule has 0 bridgehead atoms. The Morgan fingerprint density at radius 2 is 2.00 bits per heavy atom. The van der Waals surface area contributed by atoms with Crippen LogP contribution in [0.2, 0.25) is 5.02 Å². The fraction of sp³-hybridized carbons (Fsp3) is 0.158. The smallest absolute Gasteiger partial charge is 0.255 e. The summed E-state index contributed by atoms with van der Waals surface area (Å²) in [5, 5.41) is 6.14. The van der Waals surface area contributed by atoms with Crippen molar-refractivity contribution in [3.63, 3.8) is 0 Å². The van der Waals surface area contributed by atoms with E-state index in [9.17, 15) is 4.79 Å². The van der Waals surface area contributed by atoms with E-state index in [2.05, 4.69) is 10.3 Å². The number of anilines is 1. The lowest BCUT2D eigenvalue weighted by molar-refractivity contribution is 0.102. The number of aryl methyl sites for hydroxylation is 1. The van der Waals surface area contributed by atoms with E-state index in [1.54, 1.807) is 60.9 Å². The zero-order valence-corrected chi connectivity index (χ0v) is 15.9. The Morgan fingerprint density at radius 3 is 2.62 bits per heavy atom. The van der Waals surface area contributed by atoms with Crippen LogP contribution in [0.3, 0.4) is 0 Å². The van der Waals surface area contributed by atoms with Gasteiger partial charge in [-0.25, -0.2) is 4.98 Å². The lowest BCUT2D eigenvalue weighted by Crippen LogP contribution is -2.11. The monoisotopic (exact) mass is 388 g/mol. The van der Waals surface area contributed by atoms with Crippen molar-refractivity contribution in [2.45, 2.75) is 13.5 Å². The van der Waals surface area contributed by atoms with Crippen LogP contribution in [0, 0.1) is 6.92 Å². The van der Waals surface area contributed by atoms with Gasteiger partial charge >= 0.3 is 0 Å². The number of halogens is 1. The Hall–Kier alpha value is -2.57. The summed E-state index contributed by atoms with van der Waals surface area (Å²) in [6.45, 7) is 2.36. The summed E-state index contributed by atoms with van der Waals surface area (Å²) in [6, 6.07) is 12.0. The molecule has 134 valence electrons. The van der Waals surface area contributed by atoms with E-state index in [4.69, 9.17) is 21.1 Å². The molecule has 0 aliphatic rings. The normalized spacial score (nSPS) is 10.4. The molecule has 0 aliphatic carbocycles. The molecule has 1 aromatic heterocycles. The van der Waals surface area contributed by atoms with Gasteiger partial charge in [-0.2, -0.15) is 0 Å². The number of hydrogen-bond donors (Lipinski definition) is 1. The second-order valence-corrected chi connectivity index (χ2v) is 6.85. The average Bonchev–Trinajstić information content (AvgIpc) is 3.06. The Bertz CT molecular complexity index is 909. The van der Waals surface area contributed by atoms with Crippen molar-refractivity contribution in [2.75, 3.05) is 12.4 Å². The van der Waals surface area contributed by atoms with E-state index in [1.807, 2.05) is 12.3 Å². The summed E-state index contributed by atoms with van der Waals surface area (Å²) in [6.07, 6.45) is 0. The predicted molar refractivity (Wildman–Crippen MR) is 104 cm³/mol. The number of nitrogens with one attached hydrogen (secondary N) is 1. The summed E-state index contributed by atoms with van der Waals surface area (Å²) in [5.74, 6) is 1.01. The SMILES string of the molecule is COc1ccc(NC(=O)c2ccc(OCc3nc(C)cs3)cc2)cc1Cl. The zero-order chi connectivity index (χ0) is 18.5. The number of rotatable bonds is 6. The maximum atomic E-state index is 12.3. The largest absolute Gasteiger partial charge is 0.495 e. The molecule has 7 heteroatoms. The van der Waals surface area contributed by atoms with Gasteiger partial charge in [-0.3, -0.25) is 4.79 Å². The highest BCUT2D eigenvalue weighted by molar-refractivity contribution is 7.09. The van der Waals surface area contributed by atoms with E-state index in [-0.39, 0.29) is 5.91 Å². The second kappa shape index (κ2) is 8.21. The lowest BCUT2D eigenvalue weighted by Gasteiger charge is -2.09. The summed E-state index contributed by atoms with van der Waals surface area (Å²) in [4.78, 5) is 16.7. The van der Waals surface area contributed by atoms with Gasteiger partial charge in [-0.1, -0.05) is 11.6 Å². The van der Waals surface area contributed by atoms with Crippen molar-refractivity contribution in [2.24, 2.45) is 0 Å². The van der Waals surface area contributed by atoms with E-state index in [1.165, 1.54) is 0 Å². The van der Waals surface area contributed by atoms with Crippen LogP contribution in [0.25, 0.3) is 0 Å². The molecule has 0 atom stereocenters. The maximum absolute atomic E-state index is 12.3. The third-order valence-corrected chi connectivity index (χ3v) is 4.79. The molecule has 0 radical (unpaired) electrons. The number of hydrogen-bond acceptors (Lipinski definition) is 5. The first kappa shape index (κ1) is 18.2. The molecular formula is C19H17ClN2O3S. The van der Waals surface area contributed by atoms with Crippen molar-refractivity contribution in [3.05, 3.63) is 69.1 Å². The summed E-state index contributed by atoms with van der Waals surface area (Å²) in [7, 11) is 1.54. The summed E-state index contributed by atoms with van der Waals surface area (Å²) < 4.78 is 10.8. The standard InChI is InChI=1S/C19H17ClN2O3S/c1-12-11-26-18(21-12)10-25-15-6-3-13(4-7-15)19(23)22-14-5-8-17(24-2)16(20)9-14/h3-9,11H,10H2,1-2H3,(H,22,23). The van der Waals surface area contributed by atoms with E-state index >= 15 is 0 Å². The van der Waals surface area contributed by atoms with Crippen molar-refractivity contribution in [1.29, 1.82) is 0 Å². The highest BCUT2D eigenvalue weighted by Gasteiger charge is 2.09. The number of aromatic nitrogens is 1. The number of ether oxygens (including phenoxy) is 2. The van der Waals surface area contributed by atoms with Crippen molar-refractivity contribution >= 4 is 34.5 Å². The molecule has 0 saturated heterocycles. The van der Waals surface area contributed by atoms with Gasteiger partial charge in [-0.15, -0.1) is 11.3 Å². The molecule has 26 heavy (non-hydrogen) atoms. The molecule has 0 saturated carbocycles. The van der Waals surface area contributed by atoms with Gasteiger partial charge in [0.15, 0.2) is 0 Å². The predicted octanol–water partition coefficient (Wildman–Crippen LogP) is 4.94. The fourth-order valence-corrected chi connectivity index (χ4v) is 3.20. The fourth-order valence-electron chi connectivity index (χ4n) is 2.26. The maximum Gasteiger partial charge on any atom is 0.255 e. The first-order valence-electron chi connectivity index (χ1n) is 7.84. The third kappa shape index (κ3) is 4.53. The first-order chi connectivity index (χ1) is 12.5. The number of amides is 1. The Labute approximate surface area is 160 Å². The van der Waals surface area contributed by atoms with Gasteiger partial charge in [0.05, 0.1) is 12.1 Å². The summed E-state index contributed by atoms with van der Waals surface area (Å²) in [5.41, 5.74) is 2.11. The Balaban J connectivity index is 1.60. The molecular weight excluding hydrogens is 372 g/mol. The number of nitrogens with zero attached hydrogens (tertiary/aromatic N) is 1. The minimum atomic E-state index is -0.228. The molecule has 1 amide bonds. The van der Waals surface area contributed by atoms with Gasteiger partial charge < -0.3 is 14.8 Å². The highest BCUT2D eigenvalue weighted by Crippen LogP contribution is 2.27. The molecule has 0 aliphatic heterocycles. The minimum absolute atomic E-state index is 0.228. The van der Waals surface area contributed by atoms with Crippen LogP contribution in [0.4, 0.5) is 5.69 Å². The molecule has 1 heterocycles. The zero-order valence-electron chi connectivity index (χ0n) is 14.3.